The second-order valence-corrected chi connectivity index (χ2v) is 6.39. The van der Waals surface area contributed by atoms with Gasteiger partial charge in [0.2, 0.25) is 0 Å². The molecule has 1 amide bonds. The van der Waals surface area contributed by atoms with E-state index < -0.39 is 17.8 Å². The Morgan fingerprint density at radius 3 is 2.65 bits per heavy atom. The van der Waals surface area contributed by atoms with Crippen LogP contribution in [0, 0.1) is 11.7 Å². The number of likely N-dealkylation sites (tertiary alicyclic amines) is 1. The molecule has 134 valence electrons. The Bertz CT molecular complexity index is 851. The number of benzene rings is 2. The molecule has 0 aliphatic carbocycles. The molecule has 1 fully saturated rings. The number of fused-ring (bicyclic) bond motifs is 3. The topological polar surface area (TPSA) is 55.8 Å². The number of amides is 1. The molecule has 5 nitrogen and oxygen atoms in total. The number of hydrogen-bond donors (Lipinski definition) is 0. The fourth-order valence-corrected chi connectivity index (χ4v) is 3.72. The Labute approximate surface area is 150 Å². The number of carbonyl (C=O) groups excluding carboxylic acids is 2. The van der Waals surface area contributed by atoms with Gasteiger partial charge in [-0.25, -0.2) is 4.39 Å². The lowest BCUT2D eigenvalue weighted by atomic mass is 9.98. The van der Waals surface area contributed by atoms with Gasteiger partial charge in [0, 0.05) is 17.7 Å². The summed E-state index contributed by atoms with van der Waals surface area (Å²) in [5.41, 5.74) is 1.25. The van der Waals surface area contributed by atoms with Crippen molar-refractivity contribution in [2.45, 2.75) is 19.1 Å². The third-order valence-electron chi connectivity index (χ3n) is 4.88. The van der Waals surface area contributed by atoms with Crippen molar-refractivity contribution in [1.82, 2.24) is 4.90 Å². The van der Waals surface area contributed by atoms with E-state index in [2.05, 4.69) is 0 Å². The maximum atomic E-state index is 13.2. The number of para-hydroxylation sites is 1. The molecule has 0 bridgehead atoms. The average Bonchev–Trinajstić information content (AvgIpc) is 3.19. The second kappa shape index (κ2) is 6.44. The molecule has 2 aromatic carbocycles. The van der Waals surface area contributed by atoms with Gasteiger partial charge in [0.1, 0.15) is 23.6 Å². The van der Waals surface area contributed by atoms with Crippen LogP contribution >= 0.6 is 0 Å². The van der Waals surface area contributed by atoms with Gasteiger partial charge in [0.25, 0.3) is 5.91 Å². The molecule has 0 N–H and O–H groups in total. The predicted octanol–water partition coefficient (Wildman–Crippen LogP) is 2.96. The van der Waals surface area contributed by atoms with E-state index in [0.29, 0.717) is 11.3 Å². The van der Waals surface area contributed by atoms with Crippen molar-refractivity contribution in [1.29, 1.82) is 0 Å². The van der Waals surface area contributed by atoms with E-state index in [1.807, 2.05) is 24.3 Å². The highest BCUT2D eigenvalue weighted by molar-refractivity contribution is 5.95. The molecule has 0 radical (unpaired) electrons. The smallest absolute Gasteiger partial charge is 0.314 e. The highest BCUT2D eigenvalue weighted by Gasteiger charge is 2.54. The molecular weight excluding hydrogens is 337 g/mol. The normalized spacial score (nSPS) is 23.2. The first-order valence-electron chi connectivity index (χ1n) is 8.59. The fraction of sp³-hybridized carbons (Fsp3) is 0.300. The lowest BCUT2D eigenvalue weighted by molar-refractivity contribution is -0.149. The average molecular weight is 355 g/mol. The minimum atomic E-state index is -0.559. The van der Waals surface area contributed by atoms with Crippen molar-refractivity contribution >= 4 is 11.9 Å². The first-order valence-corrected chi connectivity index (χ1v) is 8.59. The van der Waals surface area contributed by atoms with Gasteiger partial charge in [0.15, 0.2) is 0 Å². The van der Waals surface area contributed by atoms with E-state index in [0.717, 1.165) is 5.56 Å². The molecule has 26 heavy (non-hydrogen) atoms. The van der Waals surface area contributed by atoms with Crippen molar-refractivity contribution in [2.75, 3.05) is 13.2 Å². The number of carbonyl (C=O) groups is 2. The van der Waals surface area contributed by atoms with Crippen LogP contribution < -0.4 is 4.74 Å². The molecule has 6 heteroatoms. The third-order valence-corrected chi connectivity index (χ3v) is 4.88. The van der Waals surface area contributed by atoms with Gasteiger partial charge < -0.3 is 14.4 Å². The van der Waals surface area contributed by atoms with Crippen LogP contribution in [0.1, 0.15) is 28.9 Å². The molecule has 2 aliphatic heterocycles. The summed E-state index contributed by atoms with van der Waals surface area (Å²) in [6.45, 7) is 2.22. The Kier molecular flexibility index (Phi) is 4.11. The van der Waals surface area contributed by atoms with Crippen LogP contribution in [0.5, 0.6) is 5.75 Å². The Hall–Kier alpha value is -2.89. The quantitative estimate of drug-likeness (QED) is 0.795. The summed E-state index contributed by atoms with van der Waals surface area (Å²) < 4.78 is 24.4. The maximum absolute atomic E-state index is 13.2. The lowest BCUT2D eigenvalue weighted by Crippen LogP contribution is -2.32. The first kappa shape index (κ1) is 16.6. The van der Waals surface area contributed by atoms with E-state index in [9.17, 15) is 14.0 Å². The Balaban J connectivity index is 1.70. The number of hydrogen-bond acceptors (Lipinski definition) is 4. The zero-order chi connectivity index (χ0) is 18.3. The van der Waals surface area contributed by atoms with Crippen LogP contribution in [0.15, 0.2) is 48.5 Å². The van der Waals surface area contributed by atoms with Crippen LogP contribution in [-0.2, 0) is 9.53 Å². The minimum absolute atomic E-state index is 0.207. The van der Waals surface area contributed by atoms with Crippen molar-refractivity contribution in [3.63, 3.8) is 0 Å². The molecule has 4 rings (SSSR count). The van der Waals surface area contributed by atoms with Gasteiger partial charge in [0.05, 0.1) is 12.6 Å². The highest BCUT2D eigenvalue weighted by Crippen LogP contribution is 2.48. The van der Waals surface area contributed by atoms with E-state index >= 15 is 0 Å². The van der Waals surface area contributed by atoms with E-state index in [1.54, 1.807) is 11.8 Å². The zero-order valence-corrected chi connectivity index (χ0v) is 14.2. The van der Waals surface area contributed by atoms with Gasteiger partial charge in [-0.2, -0.15) is 0 Å². The minimum Gasteiger partial charge on any atom is -0.487 e. The molecule has 0 saturated carbocycles. The SMILES string of the molecule is CCOC(=O)[C@@H]1CN(C(=O)c2ccc(F)cc2)[C@H]2c3ccccc3O[C@@H]12. The van der Waals surface area contributed by atoms with Gasteiger partial charge in [-0.05, 0) is 37.3 Å². The van der Waals surface area contributed by atoms with Crippen LogP contribution in [0.3, 0.4) is 0 Å². The van der Waals surface area contributed by atoms with Crippen LogP contribution in [0.25, 0.3) is 0 Å². The summed E-state index contributed by atoms with van der Waals surface area (Å²) in [6, 6.07) is 12.5. The first-order chi connectivity index (χ1) is 12.6. The second-order valence-electron chi connectivity index (χ2n) is 6.39. The number of esters is 1. The van der Waals surface area contributed by atoms with E-state index in [4.69, 9.17) is 9.47 Å². The van der Waals surface area contributed by atoms with Gasteiger partial charge >= 0.3 is 5.97 Å². The zero-order valence-electron chi connectivity index (χ0n) is 14.2. The number of halogens is 1. The van der Waals surface area contributed by atoms with Crippen LogP contribution in [0.2, 0.25) is 0 Å². The van der Waals surface area contributed by atoms with Crippen molar-refractivity contribution in [3.8, 4) is 5.75 Å². The summed E-state index contributed by atoms with van der Waals surface area (Å²) >= 11 is 0. The van der Waals surface area contributed by atoms with Gasteiger partial charge in [-0.15, -0.1) is 0 Å². The summed E-state index contributed by atoms with van der Waals surface area (Å²) in [4.78, 5) is 27.1. The molecule has 0 spiro atoms. The third kappa shape index (κ3) is 2.62. The van der Waals surface area contributed by atoms with Crippen LogP contribution in [0.4, 0.5) is 4.39 Å². The van der Waals surface area contributed by atoms with Gasteiger partial charge in [-0.3, -0.25) is 9.59 Å². The number of ether oxygens (including phenoxy) is 2. The fourth-order valence-electron chi connectivity index (χ4n) is 3.72. The largest absolute Gasteiger partial charge is 0.487 e. The predicted molar refractivity (Wildman–Crippen MR) is 91.2 cm³/mol. The molecule has 1 saturated heterocycles. The van der Waals surface area contributed by atoms with E-state index in [-0.39, 0.29) is 31.1 Å². The maximum Gasteiger partial charge on any atom is 0.314 e. The molecule has 0 aromatic heterocycles. The summed E-state index contributed by atoms with van der Waals surface area (Å²) in [7, 11) is 0. The molecule has 3 atom stereocenters. The molecule has 2 aliphatic rings. The highest BCUT2D eigenvalue weighted by atomic mass is 19.1. The van der Waals surface area contributed by atoms with Crippen molar-refractivity contribution < 1.29 is 23.5 Å². The van der Waals surface area contributed by atoms with Crippen molar-refractivity contribution in [3.05, 3.63) is 65.5 Å². The Morgan fingerprint density at radius 2 is 1.92 bits per heavy atom. The Morgan fingerprint density at radius 1 is 1.19 bits per heavy atom. The summed E-state index contributed by atoms with van der Waals surface area (Å²) in [5, 5.41) is 0. The molecule has 0 unspecified atom stereocenters. The monoisotopic (exact) mass is 355 g/mol. The standard InChI is InChI=1S/C20H18FNO4/c1-2-25-20(24)15-11-22(19(23)12-7-9-13(21)10-8-12)17-14-5-3-4-6-16(14)26-18(15)17/h3-10,15,17-18H,2,11H2,1H3/t15-,17+,18+/m1/s1. The molecule has 2 heterocycles. The number of nitrogens with zero attached hydrogens (tertiary/aromatic N) is 1. The van der Waals surface area contributed by atoms with Crippen molar-refractivity contribution in [2.24, 2.45) is 5.92 Å². The molecule has 2 aromatic rings. The van der Waals surface area contributed by atoms with E-state index in [1.165, 1.54) is 24.3 Å². The summed E-state index contributed by atoms with van der Waals surface area (Å²) in [6.07, 6.45) is -0.476. The van der Waals surface area contributed by atoms with Gasteiger partial charge in [-0.1, -0.05) is 18.2 Å². The molecular formula is C20H18FNO4. The van der Waals surface area contributed by atoms with Crippen LogP contribution in [-0.4, -0.2) is 36.0 Å². The summed E-state index contributed by atoms with van der Waals surface area (Å²) in [5.74, 6) is -0.915. The lowest BCUT2D eigenvalue weighted by Gasteiger charge is -2.23. The number of rotatable bonds is 3.